The van der Waals surface area contributed by atoms with E-state index in [4.69, 9.17) is 11.6 Å². The number of hydrogen-bond donors (Lipinski definition) is 1. The van der Waals surface area contributed by atoms with Crippen LogP contribution in [0.15, 0.2) is 24.4 Å². The van der Waals surface area contributed by atoms with E-state index < -0.39 is 0 Å². The fourth-order valence-electron chi connectivity index (χ4n) is 2.47. The summed E-state index contributed by atoms with van der Waals surface area (Å²) < 4.78 is 15.4. The number of aryl methyl sites for hydroxylation is 1. The molecule has 3 nitrogen and oxygen atoms in total. The largest absolute Gasteiger partial charge is 0.393 e. The van der Waals surface area contributed by atoms with E-state index in [1.807, 2.05) is 6.20 Å². The van der Waals surface area contributed by atoms with Gasteiger partial charge in [0.1, 0.15) is 5.82 Å². The molecule has 2 aromatic rings. The highest BCUT2D eigenvalue weighted by Gasteiger charge is 2.20. The van der Waals surface area contributed by atoms with Crippen molar-refractivity contribution in [1.82, 2.24) is 9.78 Å². The van der Waals surface area contributed by atoms with Crippen molar-refractivity contribution in [2.24, 2.45) is 0 Å². The third-order valence-corrected chi connectivity index (χ3v) is 3.83. The second-order valence-corrected chi connectivity index (χ2v) is 5.30. The van der Waals surface area contributed by atoms with Crippen LogP contribution in [0.5, 0.6) is 0 Å². The van der Waals surface area contributed by atoms with Crippen LogP contribution in [-0.4, -0.2) is 21.0 Å². The van der Waals surface area contributed by atoms with Gasteiger partial charge in [0.15, 0.2) is 0 Å². The van der Waals surface area contributed by atoms with Crippen molar-refractivity contribution in [3.63, 3.8) is 0 Å². The third kappa shape index (κ3) is 2.51. The maximum Gasteiger partial charge on any atom is 0.129 e. The van der Waals surface area contributed by atoms with Crippen LogP contribution >= 0.6 is 11.6 Å². The van der Waals surface area contributed by atoms with Gasteiger partial charge in [-0.05, 0) is 30.5 Å². The lowest BCUT2D eigenvalue weighted by Crippen LogP contribution is -2.17. The number of nitrogens with zero attached hydrogens (tertiary/aromatic N) is 2. The summed E-state index contributed by atoms with van der Waals surface area (Å²) in [5.74, 6) is -0.319. The Kier molecular flexibility index (Phi) is 3.29. The van der Waals surface area contributed by atoms with Crippen molar-refractivity contribution in [3.8, 4) is 0 Å². The first-order valence-electron chi connectivity index (χ1n) is 6.29. The zero-order valence-electron chi connectivity index (χ0n) is 10.3. The highest BCUT2D eigenvalue weighted by atomic mass is 35.5. The highest BCUT2D eigenvalue weighted by Crippen LogP contribution is 2.23. The first-order valence-corrected chi connectivity index (χ1v) is 6.67. The summed E-state index contributed by atoms with van der Waals surface area (Å²) in [5.41, 5.74) is 2.49. The predicted molar refractivity (Wildman–Crippen MR) is 70.8 cm³/mol. The summed E-state index contributed by atoms with van der Waals surface area (Å²) in [6, 6.07) is 4.66. The van der Waals surface area contributed by atoms with Gasteiger partial charge in [0.25, 0.3) is 0 Å². The summed E-state index contributed by atoms with van der Waals surface area (Å²) in [4.78, 5) is 0. The number of aliphatic hydroxyl groups is 1. The quantitative estimate of drug-likeness (QED) is 0.918. The molecule has 1 heterocycles. The van der Waals surface area contributed by atoms with Crippen molar-refractivity contribution in [3.05, 3.63) is 52.1 Å². The average molecular weight is 281 g/mol. The van der Waals surface area contributed by atoms with Crippen LogP contribution in [0.3, 0.4) is 0 Å². The molecule has 1 aliphatic carbocycles. The van der Waals surface area contributed by atoms with E-state index in [1.165, 1.54) is 6.07 Å². The first-order chi connectivity index (χ1) is 9.13. The number of rotatable bonds is 2. The molecule has 1 aromatic heterocycles. The monoisotopic (exact) mass is 280 g/mol. The molecule has 3 rings (SSSR count). The normalized spacial score (nSPS) is 18.4. The topological polar surface area (TPSA) is 38.1 Å². The molecule has 0 saturated heterocycles. The van der Waals surface area contributed by atoms with Gasteiger partial charge in [0.2, 0.25) is 0 Å². The molecule has 0 bridgehead atoms. The summed E-state index contributed by atoms with van der Waals surface area (Å²) >= 11 is 6.01. The van der Waals surface area contributed by atoms with Gasteiger partial charge < -0.3 is 5.11 Å². The van der Waals surface area contributed by atoms with Gasteiger partial charge >= 0.3 is 0 Å². The summed E-state index contributed by atoms with van der Waals surface area (Å²) in [6.45, 7) is 0.314. The van der Waals surface area contributed by atoms with E-state index in [-0.39, 0.29) is 11.9 Å². The maximum absolute atomic E-state index is 13.7. The minimum atomic E-state index is -0.319. The molecule has 5 heteroatoms. The van der Waals surface area contributed by atoms with Crippen LogP contribution in [0.25, 0.3) is 0 Å². The summed E-state index contributed by atoms with van der Waals surface area (Å²) in [6.07, 6.45) is 3.72. The molecule has 19 heavy (non-hydrogen) atoms. The standard InChI is InChI=1S/C14H14ClFN2O/c15-12-2-1-3-13(16)11(12)8-18-7-9-6-10(19)4-5-14(9)17-18/h1-3,7,10,19H,4-6,8H2. The lowest BCUT2D eigenvalue weighted by atomic mass is 9.96. The Morgan fingerprint density at radius 3 is 3.11 bits per heavy atom. The molecular formula is C14H14ClFN2O. The Morgan fingerprint density at radius 2 is 2.32 bits per heavy atom. The predicted octanol–water partition coefficient (Wildman–Crippen LogP) is 2.57. The van der Waals surface area contributed by atoms with Crippen LogP contribution in [0.4, 0.5) is 4.39 Å². The van der Waals surface area contributed by atoms with Crippen molar-refractivity contribution in [1.29, 1.82) is 0 Å². The molecule has 0 radical (unpaired) electrons. The van der Waals surface area contributed by atoms with Gasteiger partial charge in [-0.3, -0.25) is 4.68 Å². The molecule has 1 aliphatic rings. The van der Waals surface area contributed by atoms with Gasteiger partial charge in [-0.15, -0.1) is 0 Å². The Morgan fingerprint density at radius 1 is 1.47 bits per heavy atom. The molecule has 0 fully saturated rings. The maximum atomic E-state index is 13.7. The average Bonchev–Trinajstić information content (AvgIpc) is 2.75. The molecule has 1 aromatic carbocycles. The molecular weight excluding hydrogens is 267 g/mol. The Hall–Kier alpha value is -1.39. The second kappa shape index (κ2) is 4.94. The lowest BCUT2D eigenvalue weighted by molar-refractivity contribution is 0.158. The zero-order chi connectivity index (χ0) is 13.4. The number of hydrogen-bond acceptors (Lipinski definition) is 2. The van der Waals surface area contributed by atoms with Crippen LogP contribution in [0.2, 0.25) is 5.02 Å². The van der Waals surface area contributed by atoms with Crippen molar-refractivity contribution < 1.29 is 9.50 Å². The number of fused-ring (bicyclic) bond motifs is 1. The molecule has 0 spiro atoms. The van der Waals surface area contributed by atoms with E-state index in [0.29, 0.717) is 23.6 Å². The molecule has 1 N–H and O–H groups in total. The van der Waals surface area contributed by atoms with Gasteiger partial charge in [0.05, 0.1) is 18.3 Å². The lowest BCUT2D eigenvalue weighted by Gasteiger charge is -2.14. The van der Waals surface area contributed by atoms with Crippen LogP contribution in [0, 0.1) is 5.82 Å². The number of benzene rings is 1. The first kappa shape index (κ1) is 12.6. The van der Waals surface area contributed by atoms with Gasteiger partial charge in [0, 0.05) is 23.2 Å². The van der Waals surface area contributed by atoms with Gasteiger partial charge in [-0.25, -0.2) is 4.39 Å². The molecule has 100 valence electrons. The van der Waals surface area contributed by atoms with Gasteiger partial charge in [-0.1, -0.05) is 17.7 Å². The summed E-state index contributed by atoms with van der Waals surface area (Å²) in [5, 5.41) is 14.5. The Balaban J connectivity index is 1.88. The number of aliphatic hydroxyl groups excluding tert-OH is 1. The molecule has 1 unspecified atom stereocenters. The minimum Gasteiger partial charge on any atom is -0.393 e. The van der Waals surface area contributed by atoms with Gasteiger partial charge in [-0.2, -0.15) is 5.10 Å². The van der Waals surface area contributed by atoms with Crippen molar-refractivity contribution >= 4 is 11.6 Å². The number of halogens is 2. The Labute approximate surface area is 115 Å². The second-order valence-electron chi connectivity index (χ2n) is 4.90. The molecule has 0 amide bonds. The van der Waals surface area contributed by atoms with E-state index >= 15 is 0 Å². The molecule has 1 atom stereocenters. The minimum absolute atomic E-state index is 0.290. The van der Waals surface area contributed by atoms with Crippen molar-refractivity contribution in [2.75, 3.05) is 0 Å². The van der Waals surface area contributed by atoms with Crippen LogP contribution in [-0.2, 0) is 19.4 Å². The van der Waals surface area contributed by atoms with Crippen molar-refractivity contribution in [2.45, 2.75) is 31.9 Å². The smallest absolute Gasteiger partial charge is 0.129 e. The fraction of sp³-hybridized carbons (Fsp3) is 0.357. The van der Waals surface area contributed by atoms with E-state index in [2.05, 4.69) is 5.10 Å². The van der Waals surface area contributed by atoms with E-state index in [9.17, 15) is 9.50 Å². The third-order valence-electron chi connectivity index (χ3n) is 3.48. The zero-order valence-corrected chi connectivity index (χ0v) is 11.1. The van der Waals surface area contributed by atoms with Crippen LogP contribution < -0.4 is 0 Å². The fourth-order valence-corrected chi connectivity index (χ4v) is 2.69. The van der Waals surface area contributed by atoms with Crippen LogP contribution in [0.1, 0.15) is 23.2 Å². The summed E-state index contributed by atoms with van der Waals surface area (Å²) in [7, 11) is 0. The SMILES string of the molecule is OC1CCc2nn(Cc3c(F)cccc3Cl)cc2C1. The van der Waals surface area contributed by atoms with E-state index in [0.717, 1.165) is 24.1 Å². The Bertz CT molecular complexity index is 591. The molecule has 0 saturated carbocycles. The highest BCUT2D eigenvalue weighted by molar-refractivity contribution is 6.31. The molecule has 0 aliphatic heterocycles. The number of aromatic nitrogens is 2. The van der Waals surface area contributed by atoms with E-state index in [1.54, 1.807) is 16.8 Å².